The molecule has 0 spiro atoms. The van der Waals surface area contributed by atoms with Gasteiger partial charge in [-0.1, -0.05) is 12.1 Å². The number of nitrogens with one attached hydrogen (secondary N) is 1. The van der Waals surface area contributed by atoms with Gasteiger partial charge in [-0.25, -0.2) is 4.79 Å². The minimum atomic E-state index is -0.480. The minimum Gasteiger partial charge on any atom is -0.493 e. The van der Waals surface area contributed by atoms with Crippen LogP contribution < -0.4 is 14.8 Å². The van der Waals surface area contributed by atoms with Crippen molar-refractivity contribution in [1.82, 2.24) is 0 Å². The van der Waals surface area contributed by atoms with Crippen LogP contribution >= 0.6 is 11.3 Å². The highest BCUT2D eigenvalue weighted by Gasteiger charge is 2.13. The average Bonchev–Trinajstić information content (AvgIpc) is 3.27. The summed E-state index contributed by atoms with van der Waals surface area (Å²) in [5.74, 6) is 0.495. The highest BCUT2D eigenvalue weighted by atomic mass is 32.1. The smallest absolute Gasteiger partial charge is 0.338 e. The van der Waals surface area contributed by atoms with Gasteiger partial charge in [0.2, 0.25) is 0 Å². The van der Waals surface area contributed by atoms with Crippen molar-refractivity contribution in [3.63, 3.8) is 0 Å². The van der Waals surface area contributed by atoms with Gasteiger partial charge in [-0.2, -0.15) is 0 Å². The molecule has 150 valence electrons. The van der Waals surface area contributed by atoms with Crippen LogP contribution in [0.4, 0.5) is 5.69 Å². The highest BCUT2D eigenvalue weighted by molar-refractivity contribution is 7.12. The number of esters is 1. The summed E-state index contributed by atoms with van der Waals surface area (Å²) in [7, 11) is 3.13. The van der Waals surface area contributed by atoms with Gasteiger partial charge >= 0.3 is 5.97 Å². The lowest BCUT2D eigenvalue weighted by atomic mass is 10.1. The maximum absolute atomic E-state index is 12.5. The monoisotopic (exact) mass is 411 g/mol. The van der Waals surface area contributed by atoms with Gasteiger partial charge in [0, 0.05) is 5.69 Å². The molecule has 3 rings (SSSR count). The zero-order chi connectivity index (χ0) is 20.8. The van der Waals surface area contributed by atoms with E-state index in [1.165, 1.54) is 11.3 Å². The zero-order valence-electron chi connectivity index (χ0n) is 16.4. The second kappa shape index (κ2) is 9.25. The molecule has 2 aromatic carbocycles. The fraction of sp³-hybridized carbons (Fsp3) is 0.182. The molecule has 1 N–H and O–H groups in total. The number of aryl methyl sites for hydroxylation is 1. The Kier molecular flexibility index (Phi) is 6.51. The van der Waals surface area contributed by atoms with Gasteiger partial charge in [0.15, 0.2) is 11.5 Å². The van der Waals surface area contributed by atoms with E-state index in [2.05, 4.69) is 5.32 Å². The second-order valence-corrected chi connectivity index (χ2v) is 7.17. The van der Waals surface area contributed by atoms with Crippen LogP contribution in [-0.2, 0) is 11.3 Å². The van der Waals surface area contributed by atoms with Crippen molar-refractivity contribution in [2.24, 2.45) is 0 Å². The lowest BCUT2D eigenvalue weighted by molar-refractivity contribution is 0.0471. The largest absolute Gasteiger partial charge is 0.493 e. The van der Waals surface area contributed by atoms with E-state index in [1.54, 1.807) is 50.6 Å². The summed E-state index contributed by atoms with van der Waals surface area (Å²) in [5, 5.41) is 4.62. The third-order valence-electron chi connectivity index (χ3n) is 4.30. The van der Waals surface area contributed by atoms with Crippen LogP contribution in [0.2, 0.25) is 0 Å². The molecule has 1 aromatic heterocycles. The molecule has 1 heterocycles. The van der Waals surface area contributed by atoms with Crippen LogP contribution in [-0.4, -0.2) is 26.1 Å². The number of carbonyl (C=O) groups is 2. The second-order valence-electron chi connectivity index (χ2n) is 6.22. The fourth-order valence-electron chi connectivity index (χ4n) is 2.73. The zero-order valence-corrected chi connectivity index (χ0v) is 17.2. The molecule has 7 heteroatoms. The van der Waals surface area contributed by atoms with Crippen LogP contribution in [0.3, 0.4) is 0 Å². The van der Waals surface area contributed by atoms with Crippen molar-refractivity contribution in [3.8, 4) is 11.5 Å². The third-order valence-corrected chi connectivity index (χ3v) is 5.17. The number of benzene rings is 2. The molecule has 0 aliphatic heterocycles. The number of hydrogen-bond acceptors (Lipinski definition) is 6. The molecule has 0 saturated carbocycles. The van der Waals surface area contributed by atoms with Gasteiger partial charge < -0.3 is 19.5 Å². The first-order valence-electron chi connectivity index (χ1n) is 8.85. The molecule has 29 heavy (non-hydrogen) atoms. The number of carbonyl (C=O) groups excluding carboxylic acids is 2. The van der Waals surface area contributed by atoms with E-state index in [1.807, 2.05) is 24.4 Å². The van der Waals surface area contributed by atoms with Crippen LogP contribution in [0.25, 0.3) is 0 Å². The molecule has 0 bridgehead atoms. The number of rotatable bonds is 7. The molecular formula is C22H21NO5S. The van der Waals surface area contributed by atoms with E-state index >= 15 is 0 Å². The summed E-state index contributed by atoms with van der Waals surface area (Å²) in [6.07, 6.45) is 0. The van der Waals surface area contributed by atoms with Crippen LogP contribution in [0.5, 0.6) is 11.5 Å². The quantitative estimate of drug-likeness (QED) is 0.571. The number of anilines is 1. The van der Waals surface area contributed by atoms with Gasteiger partial charge in [-0.15, -0.1) is 11.3 Å². The number of methoxy groups -OCH3 is 2. The summed E-state index contributed by atoms with van der Waals surface area (Å²) in [4.78, 5) is 25.3. The molecule has 0 saturated heterocycles. The Bertz CT molecular complexity index is 1010. The molecule has 0 radical (unpaired) electrons. The van der Waals surface area contributed by atoms with Crippen molar-refractivity contribution in [3.05, 3.63) is 75.5 Å². The Morgan fingerprint density at radius 1 is 1.00 bits per heavy atom. The Hall–Kier alpha value is -3.32. The maximum atomic E-state index is 12.5. The van der Waals surface area contributed by atoms with E-state index in [9.17, 15) is 9.59 Å². The molecule has 6 nitrogen and oxygen atoms in total. The van der Waals surface area contributed by atoms with Crippen molar-refractivity contribution >= 4 is 28.9 Å². The van der Waals surface area contributed by atoms with Crippen molar-refractivity contribution in [1.29, 1.82) is 0 Å². The topological polar surface area (TPSA) is 73.9 Å². The van der Waals surface area contributed by atoms with Gasteiger partial charge in [0.1, 0.15) is 6.61 Å². The van der Waals surface area contributed by atoms with E-state index in [0.29, 0.717) is 27.6 Å². The van der Waals surface area contributed by atoms with Crippen molar-refractivity contribution in [2.75, 3.05) is 19.5 Å². The molecule has 1 amide bonds. The predicted molar refractivity (Wildman–Crippen MR) is 112 cm³/mol. The predicted octanol–water partition coefficient (Wildman–Crippen LogP) is 4.68. The first kappa shape index (κ1) is 20.4. The van der Waals surface area contributed by atoms with E-state index < -0.39 is 5.97 Å². The van der Waals surface area contributed by atoms with Crippen LogP contribution in [0, 0.1) is 6.92 Å². The normalized spacial score (nSPS) is 10.3. The molecule has 0 aliphatic carbocycles. The summed E-state index contributed by atoms with van der Waals surface area (Å²) < 4.78 is 16.0. The summed E-state index contributed by atoms with van der Waals surface area (Å²) in [6.45, 7) is 2.00. The maximum Gasteiger partial charge on any atom is 0.338 e. The third kappa shape index (κ3) is 4.94. The molecule has 0 fully saturated rings. The van der Waals surface area contributed by atoms with E-state index in [0.717, 1.165) is 11.1 Å². The Morgan fingerprint density at radius 3 is 2.45 bits per heavy atom. The Balaban J connectivity index is 1.68. The van der Waals surface area contributed by atoms with Gasteiger partial charge in [-0.3, -0.25) is 4.79 Å². The molecule has 0 unspecified atom stereocenters. The number of hydrogen-bond donors (Lipinski definition) is 1. The van der Waals surface area contributed by atoms with Crippen LogP contribution in [0.1, 0.15) is 31.2 Å². The standard InChI is InChI=1S/C22H21NO5S/c1-14-10-18(26-2)19(27-3)12-16(14)13-28-22(25)15-6-4-7-17(11-15)23-21(24)20-8-5-9-29-20/h4-12H,13H2,1-3H3,(H,23,24). The van der Waals surface area contributed by atoms with Crippen molar-refractivity contribution < 1.29 is 23.8 Å². The lowest BCUT2D eigenvalue weighted by Gasteiger charge is -2.13. The van der Waals surface area contributed by atoms with Crippen LogP contribution in [0.15, 0.2) is 53.9 Å². The Morgan fingerprint density at radius 2 is 1.76 bits per heavy atom. The summed E-state index contributed by atoms with van der Waals surface area (Å²) in [5.41, 5.74) is 2.62. The van der Waals surface area contributed by atoms with Gasteiger partial charge in [0.05, 0.1) is 24.7 Å². The first-order valence-corrected chi connectivity index (χ1v) is 9.73. The summed E-state index contributed by atoms with van der Waals surface area (Å²) in [6, 6.07) is 13.8. The lowest BCUT2D eigenvalue weighted by Crippen LogP contribution is -2.11. The number of ether oxygens (including phenoxy) is 3. The highest BCUT2D eigenvalue weighted by Crippen LogP contribution is 2.30. The van der Waals surface area contributed by atoms with E-state index in [-0.39, 0.29) is 12.5 Å². The average molecular weight is 411 g/mol. The first-order chi connectivity index (χ1) is 14.0. The number of amides is 1. The molecule has 0 atom stereocenters. The molecule has 0 aliphatic rings. The Labute approximate surface area is 173 Å². The fourth-order valence-corrected chi connectivity index (χ4v) is 3.35. The summed E-state index contributed by atoms with van der Waals surface area (Å²) >= 11 is 1.35. The minimum absolute atomic E-state index is 0.0941. The number of thiophene rings is 1. The van der Waals surface area contributed by atoms with Crippen molar-refractivity contribution in [2.45, 2.75) is 13.5 Å². The molecular weight excluding hydrogens is 390 g/mol. The molecule has 3 aromatic rings. The van der Waals surface area contributed by atoms with Gasteiger partial charge in [-0.05, 0) is 59.8 Å². The van der Waals surface area contributed by atoms with E-state index in [4.69, 9.17) is 14.2 Å². The van der Waals surface area contributed by atoms with Gasteiger partial charge in [0.25, 0.3) is 5.91 Å². The SMILES string of the molecule is COc1cc(C)c(COC(=O)c2cccc(NC(=O)c3cccs3)c2)cc1OC.